The molecule has 2 rings (SSSR count). The minimum atomic E-state index is -1.54. The van der Waals surface area contributed by atoms with Gasteiger partial charge in [-0.2, -0.15) is 12.6 Å². The maximum Gasteiger partial charge on any atom is 1.00 e. The average Bonchev–Trinajstić information content (AvgIpc) is 2.36. The summed E-state index contributed by atoms with van der Waals surface area (Å²) in [6.07, 6.45) is 0. The smallest absolute Gasteiger partial charge is 0.543 e. The molecule has 10 heteroatoms. The fourth-order valence-corrected chi connectivity index (χ4v) is 4.52. The maximum absolute atomic E-state index is 12.1. The molecule has 0 saturated carbocycles. The summed E-state index contributed by atoms with van der Waals surface area (Å²) in [5.74, 6) is -2.99. The Morgan fingerprint density at radius 2 is 2.14 bits per heavy atom. The van der Waals surface area contributed by atoms with Crippen LogP contribution in [-0.2, 0) is 29.9 Å². The van der Waals surface area contributed by atoms with Crippen LogP contribution < -0.4 is 34.7 Å². The van der Waals surface area contributed by atoms with Crippen LogP contribution in [0.15, 0.2) is 11.3 Å². The van der Waals surface area contributed by atoms with Crippen molar-refractivity contribution in [2.24, 2.45) is 5.92 Å². The van der Waals surface area contributed by atoms with Gasteiger partial charge in [0.25, 0.3) is 0 Å². The number of β-lactam (4-membered cyclic amide) rings is 1. The van der Waals surface area contributed by atoms with Crippen molar-refractivity contribution in [3.8, 4) is 0 Å². The second kappa shape index (κ2) is 7.28. The number of carboxylic acid groups (broad SMARTS) is 1. The molecular weight excluding hydrogens is 329 g/mol. The number of rotatable bonds is 4. The minimum absolute atomic E-state index is 0. The zero-order chi connectivity index (χ0) is 15.0. The molecule has 0 aromatic heterocycles. The molecule has 2 aliphatic heterocycles. The topological polar surface area (TPSA) is 104 Å². The summed E-state index contributed by atoms with van der Waals surface area (Å²) in [5.41, 5.74) is -0.209. The molecule has 0 bridgehead atoms. The predicted octanol–water partition coefficient (Wildman–Crippen LogP) is -4.97. The van der Waals surface area contributed by atoms with Crippen LogP contribution in [0.3, 0.4) is 0 Å². The van der Waals surface area contributed by atoms with Crippen LogP contribution in [0.2, 0.25) is 0 Å². The number of carbonyl (C=O) groups excluding carboxylic acids is 3. The quantitative estimate of drug-likeness (QED) is 0.238. The van der Waals surface area contributed by atoms with E-state index in [9.17, 15) is 23.7 Å². The summed E-state index contributed by atoms with van der Waals surface area (Å²) in [7, 11) is -1.44. The summed E-state index contributed by atoms with van der Waals surface area (Å²) >= 11 is 4.01. The second-order valence-electron chi connectivity index (χ2n) is 4.43. The molecule has 1 saturated heterocycles. The molecule has 2 heterocycles. The summed E-state index contributed by atoms with van der Waals surface area (Å²) in [6, 6.07) is 0. The zero-order valence-electron chi connectivity index (χ0n) is 11.5. The molecule has 110 valence electrons. The Bertz CT molecular complexity index is 549. The van der Waals surface area contributed by atoms with E-state index < -0.39 is 39.9 Å². The number of aliphatic carboxylic acids is 1. The first-order chi connectivity index (χ1) is 9.38. The number of carboxylic acids is 1. The number of ether oxygens (including phenoxy) is 1. The van der Waals surface area contributed by atoms with E-state index in [0.29, 0.717) is 0 Å². The molecule has 0 aliphatic carbocycles. The Morgan fingerprint density at radius 3 is 2.62 bits per heavy atom. The first kappa shape index (κ1) is 18.7. The van der Waals surface area contributed by atoms with E-state index in [0.717, 1.165) is 4.90 Å². The number of amides is 1. The van der Waals surface area contributed by atoms with Gasteiger partial charge >= 0.3 is 35.5 Å². The van der Waals surface area contributed by atoms with E-state index in [4.69, 9.17) is 4.74 Å². The van der Waals surface area contributed by atoms with Crippen molar-refractivity contribution in [3.63, 3.8) is 0 Å². The van der Waals surface area contributed by atoms with Gasteiger partial charge in [-0.15, -0.1) is 0 Å². The zero-order valence-corrected chi connectivity index (χ0v) is 15.2. The van der Waals surface area contributed by atoms with Gasteiger partial charge in [0, 0.05) is 29.0 Å². The first-order valence-corrected chi connectivity index (χ1v) is 7.77. The van der Waals surface area contributed by atoms with Crippen LogP contribution in [-0.4, -0.2) is 50.4 Å². The number of hydrogen-bond donors (Lipinski definition) is 1. The molecule has 0 spiro atoms. The monoisotopic (exact) mass is 341 g/mol. The van der Waals surface area contributed by atoms with Crippen LogP contribution in [0.1, 0.15) is 6.92 Å². The Balaban J connectivity index is 0.00000220. The number of carbonyl (C=O) groups is 3. The van der Waals surface area contributed by atoms with Gasteiger partial charge in [0.05, 0.1) is 23.3 Å². The van der Waals surface area contributed by atoms with Gasteiger partial charge in [-0.1, -0.05) is 0 Å². The number of thiol groups is 1. The van der Waals surface area contributed by atoms with Crippen LogP contribution in [0.5, 0.6) is 0 Å². The molecule has 7 nitrogen and oxygen atoms in total. The van der Waals surface area contributed by atoms with Crippen LogP contribution >= 0.6 is 12.6 Å². The number of hydrogen-bond acceptors (Lipinski definition) is 7. The van der Waals surface area contributed by atoms with Crippen LogP contribution in [0.25, 0.3) is 0 Å². The van der Waals surface area contributed by atoms with Gasteiger partial charge < -0.3 is 14.6 Å². The van der Waals surface area contributed by atoms with Crippen molar-refractivity contribution in [2.75, 3.05) is 18.1 Å². The third-order valence-corrected chi connectivity index (χ3v) is 5.26. The molecule has 0 radical (unpaired) electrons. The summed E-state index contributed by atoms with van der Waals surface area (Å²) in [5, 5.41) is 10.5. The van der Waals surface area contributed by atoms with E-state index in [1.54, 1.807) is 0 Å². The molecule has 0 aromatic rings. The molecule has 0 N–H and O–H groups in total. The Hall–Kier alpha value is -0.350. The predicted molar refractivity (Wildman–Crippen MR) is 69.7 cm³/mol. The fraction of sp³-hybridized carbons (Fsp3) is 0.545. The molecule has 0 aromatic carbocycles. The molecule has 21 heavy (non-hydrogen) atoms. The maximum atomic E-state index is 12.1. The van der Waals surface area contributed by atoms with E-state index in [1.165, 1.54) is 6.92 Å². The normalized spacial score (nSPS) is 27.4. The summed E-state index contributed by atoms with van der Waals surface area (Å²) < 4.78 is 16.8. The number of esters is 1. The average molecular weight is 341 g/mol. The van der Waals surface area contributed by atoms with Gasteiger partial charge in [0.1, 0.15) is 12.0 Å². The van der Waals surface area contributed by atoms with Crippen LogP contribution in [0, 0.1) is 5.92 Å². The van der Waals surface area contributed by atoms with Gasteiger partial charge in [0.2, 0.25) is 5.91 Å². The molecule has 2 aliphatic rings. The molecule has 1 amide bonds. The molecule has 3 atom stereocenters. The third-order valence-electron chi connectivity index (χ3n) is 3.15. The van der Waals surface area contributed by atoms with E-state index >= 15 is 0 Å². The fourth-order valence-electron chi connectivity index (χ4n) is 2.27. The standard InChI is InChI=1S/C11H13NO6S2.Na/c1-5(13)18-2-6-4-20(17)10-7(3-19)9(14)12(10)8(6)11(15)16;/h7,10,19H,2-4H2,1H3,(H,15,16);/q;+1/p-1/t7-,10-,20-;/m1./s1. The van der Waals surface area contributed by atoms with Crippen molar-refractivity contribution in [3.05, 3.63) is 11.3 Å². The van der Waals surface area contributed by atoms with E-state index in [-0.39, 0.29) is 58.9 Å². The van der Waals surface area contributed by atoms with Gasteiger partial charge in [-0.25, -0.2) is 0 Å². The number of nitrogens with zero attached hydrogens (tertiary/aromatic N) is 1. The van der Waals surface area contributed by atoms with Crippen molar-refractivity contribution in [1.82, 2.24) is 4.90 Å². The third kappa shape index (κ3) is 3.37. The van der Waals surface area contributed by atoms with Gasteiger partial charge in [0.15, 0.2) is 0 Å². The number of fused-ring (bicyclic) bond motifs is 1. The molecule has 1 fully saturated rings. The first-order valence-electron chi connectivity index (χ1n) is 5.76. The SMILES string of the molecule is CC(=O)OCC1=C(C(=O)[O-])N2C(=O)[C@@H](CS)[C@H]2[S@](=O)C1.[Na+]. The van der Waals surface area contributed by atoms with Crippen molar-refractivity contribution < 1.29 is 58.0 Å². The van der Waals surface area contributed by atoms with Crippen molar-refractivity contribution >= 4 is 41.3 Å². The molecular formula is C11H12NNaO6S2. The van der Waals surface area contributed by atoms with Crippen molar-refractivity contribution in [1.29, 1.82) is 0 Å². The largest absolute Gasteiger partial charge is 1.00 e. The Kier molecular flexibility index (Phi) is 6.48. The van der Waals surface area contributed by atoms with Crippen molar-refractivity contribution in [2.45, 2.75) is 12.3 Å². The Morgan fingerprint density at radius 1 is 1.52 bits per heavy atom. The molecule has 0 unspecified atom stereocenters. The summed E-state index contributed by atoms with van der Waals surface area (Å²) in [6.45, 7) is 0.861. The van der Waals surface area contributed by atoms with Crippen LogP contribution in [0.4, 0.5) is 0 Å². The van der Waals surface area contributed by atoms with Gasteiger partial charge in [-0.05, 0) is 0 Å². The van der Waals surface area contributed by atoms with E-state index in [2.05, 4.69) is 12.6 Å². The Labute approximate surface area is 151 Å². The van der Waals surface area contributed by atoms with Gasteiger partial charge in [-0.3, -0.25) is 18.7 Å². The van der Waals surface area contributed by atoms with E-state index in [1.807, 2.05) is 0 Å². The second-order valence-corrected chi connectivity index (χ2v) is 6.33. The minimum Gasteiger partial charge on any atom is -0.543 e. The summed E-state index contributed by atoms with van der Waals surface area (Å²) in [4.78, 5) is 34.9.